The number of amides is 1. The number of pyridine rings is 1. The van der Waals surface area contributed by atoms with Gasteiger partial charge >= 0.3 is 0 Å². The lowest BCUT2D eigenvalue weighted by Gasteiger charge is -1.98. The number of nitrogens with one attached hydrogen (secondary N) is 1. The Hall–Kier alpha value is -3.09. The van der Waals surface area contributed by atoms with E-state index in [0.717, 1.165) is 5.56 Å². The van der Waals surface area contributed by atoms with Crippen LogP contribution in [-0.4, -0.2) is 27.4 Å². The number of hydrazone groups is 1. The van der Waals surface area contributed by atoms with Gasteiger partial charge in [0.1, 0.15) is 11.0 Å². The Morgan fingerprint density at radius 3 is 2.80 bits per heavy atom. The molecule has 1 N–H and O–H groups in total. The van der Waals surface area contributed by atoms with Crippen LogP contribution in [0.3, 0.4) is 0 Å². The van der Waals surface area contributed by atoms with Crippen molar-refractivity contribution in [3.63, 3.8) is 0 Å². The first-order valence-corrected chi connectivity index (χ1v) is 5.79. The van der Waals surface area contributed by atoms with Crippen LogP contribution in [0.1, 0.15) is 15.9 Å². The molecule has 0 unspecified atom stereocenters. The Balaban J connectivity index is 1.69. The van der Waals surface area contributed by atoms with Crippen molar-refractivity contribution in [2.75, 3.05) is 0 Å². The largest absolute Gasteiger partial charge is 0.271 e. The van der Waals surface area contributed by atoms with Crippen molar-refractivity contribution in [2.24, 2.45) is 5.10 Å². The van der Waals surface area contributed by atoms with Crippen LogP contribution >= 0.6 is 0 Å². The van der Waals surface area contributed by atoms with Crippen LogP contribution in [0.15, 0.2) is 52.5 Å². The zero-order valence-electron chi connectivity index (χ0n) is 10.2. The second kappa shape index (κ2) is 5.27. The molecule has 0 radical (unpaired) electrons. The summed E-state index contributed by atoms with van der Waals surface area (Å²) in [4.78, 5) is 15.6. The molecule has 0 saturated carbocycles. The van der Waals surface area contributed by atoms with Crippen molar-refractivity contribution in [3.8, 4) is 0 Å². The van der Waals surface area contributed by atoms with Gasteiger partial charge in [-0.25, -0.2) is 10.1 Å². The third-order valence-corrected chi connectivity index (χ3v) is 2.60. The Kier molecular flexibility index (Phi) is 3.15. The van der Waals surface area contributed by atoms with Crippen molar-refractivity contribution >= 4 is 23.2 Å². The molecule has 7 nitrogen and oxygen atoms in total. The molecule has 0 aliphatic heterocycles. The predicted octanol–water partition coefficient (Wildman–Crippen LogP) is 1.38. The van der Waals surface area contributed by atoms with Crippen molar-refractivity contribution in [2.45, 2.75) is 0 Å². The van der Waals surface area contributed by atoms with E-state index in [9.17, 15) is 4.79 Å². The highest BCUT2D eigenvalue weighted by Crippen LogP contribution is 2.09. The molecular weight excluding hydrogens is 258 g/mol. The SMILES string of the molecule is O=C(N/N=C/c1ccc2nonc2c1)c1ccncc1. The highest BCUT2D eigenvalue weighted by Gasteiger charge is 2.02. The smallest absolute Gasteiger partial charge is 0.267 e. The van der Waals surface area contributed by atoms with Gasteiger partial charge in [-0.15, -0.1) is 0 Å². The maximum absolute atomic E-state index is 11.7. The average Bonchev–Trinajstić information content (AvgIpc) is 2.95. The zero-order valence-corrected chi connectivity index (χ0v) is 10.2. The molecule has 3 aromatic rings. The van der Waals surface area contributed by atoms with Gasteiger partial charge < -0.3 is 0 Å². The second-order valence-corrected chi connectivity index (χ2v) is 3.95. The monoisotopic (exact) mass is 267 g/mol. The molecule has 1 amide bonds. The molecular formula is C13H9N5O2. The Morgan fingerprint density at radius 2 is 1.95 bits per heavy atom. The van der Waals surface area contributed by atoms with Gasteiger partial charge in [-0.3, -0.25) is 9.78 Å². The van der Waals surface area contributed by atoms with Crippen LogP contribution in [0, 0.1) is 0 Å². The number of hydrogen-bond acceptors (Lipinski definition) is 6. The second-order valence-electron chi connectivity index (χ2n) is 3.95. The molecule has 0 aliphatic carbocycles. The summed E-state index contributed by atoms with van der Waals surface area (Å²) in [7, 11) is 0. The summed E-state index contributed by atoms with van der Waals surface area (Å²) in [6, 6.07) is 8.54. The van der Waals surface area contributed by atoms with E-state index in [4.69, 9.17) is 0 Å². The molecule has 98 valence electrons. The van der Waals surface area contributed by atoms with Gasteiger partial charge in [-0.1, -0.05) is 6.07 Å². The van der Waals surface area contributed by atoms with Crippen molar-refractivity contribution in [1.29, 1.82) is 0 Å². The Bertz CT molecular complexity index is 767. The zero-order chi connectivity index (χ0) is 13.8. The summed E-state index contributed by atoms with van der Waals surface area (Å²) in [5.74, 6) is -0.298. The minimum atomic E-state index is -0.298. The third kappa shape index (κ3) is 2.51. The number of hydrogen-bond donors (Lipinski definition) is 1. The summed E-state index contributed by atoms with van der Waals surface area (Å²) >= 11 is 0. The highest BCUT2D eigenvalue weighted by atomic mass is 16.6. The van der Waals surface area contributed by atoms with Gasteiger partial charge in [0.2, 0.25) is 0 Å². The van der Waals surface area contributed by atoms with E-state index >= 15 is 0 Å². The van der Waals surface area contributed by atoms with Crippen LogP contribution in [0.25, 0.3) is 11.0 Å². The number of carbonyl (C=O) groups excluding carboxylic acids is 1. The fraction of sp³-hybridized carbons (Fsp3) is 0. The minimum absolute atomic E-state index is 0.298. The lowest BCUT2D eigenvalue weighted by Crippen LogP contribution is -2.17. The first-order valence-electron chi connectivity index (χ1n) is 5.79. The van der Waals surface area contributed by atoms with E-state index in [-0.39, 0.29) is 5.91 Å². The van der Waals surface area contributed by atoms with E-state index < -0.39 is 0 Å². The van der Waals surface area contributed by atoms with E-state index in [0.29, 0.717) is 16.6 Å². The maximum Gasteiger partial charge on any atom is 0.271 e. The van der Waals surface area contributed by atoms with Crippen LogP contribution in [0.4, 0.5) is 0 Å². The molecule has 0 atom stereocenters. The molecule has 0 fully saturated rings. The summed E-state index contributed by atoms with van der Waals surface area (Å²) < 4.78 is 4.60. The molecule has 1 aromatic carbocycles. The fourth-order valence-electron chi connectivity index (χ4n) is 1.61. The average molecular weight is 267 g/mol. The van der Waals surface area contributed by atoms with E-state index in [1.54, 1.807) is 42.7 Å². The van der Waals surface area contributed by atoms with Gasteiger partial charge in [0.25, 0.3) is 5.91 Å². The molecule has 0 spiro atoms. The number of benzene rings is 1. The Labute approximate surface area is 113 Å². The summed E-state index contributed by atoms with van der Waals surface area (Å²) in [5, 5.41) is 11.3. The van der Waals surface area contributed by atoms with E-state index in [1.165, 1.54) is 6.21 Å². The fourth-order valence-corrected chi connectivity index (χ4v) is 1.61. The molecule has 0 saturated heterocycles. The third-order valence-electron chi connectivity index (χ3n) is 2.60. The molecule has 7 heteroatoms. The molecule has 3 rings (SSSR count). The lowest BCUT2D eigenvalue weighted by molar-refractivity contribution is 0.0955. The Morgan fingerprint density at radius 1 is 1.15 bits per heavy atom. The normalized spacial score (nSPS) is 11.0. The van der Waals surface area contributed by atoms with Crippen LogP contribution in [0.2, 0.25) is 0 Å². The highest BCUT2D eigenvalue weighted by molar-refractivity contribution is 5.95. The van der Waals surface area contributed by atoms with Crippen molar-refractivity contribution < 1.29 is 9.42 Å². The standard InChI is InChI=1S/C13H9N5O2/c19-13(10-3-5-14-6-4-10)16-15-8-9-1-2-11-12(7-9)18-20-17-11/h1-8H,(H,16,19)/b15-8+. The van der Waals surface area contributed by atoms with Crippen LogP contribution in [0.5, 0.6) is 0 Å². The molecule has 2 heterocycles. The van der Waals surface area contributed by atoms with Crippen molar-refractivity contribution in [1.82, 2.24) is 20.7 Å². The number of nitrogens with zero attached hydrogens (tertiary/aromatic N) is 4. The predicted molar refractivity (Wildman–Crippen MR) is 71.1 cm³/mol. The van der Waals surface area contributed by atoms with Gasteiger partial charge in [-0.05, 0) is 40.1 Å². The van der Waals surface area contributed by atoms with Gasteiger partial charge in [0.15, 0.2) is 0 Å². The minimum Gasteiger partial charge on any atom is -0.267 e. The quantitative estimate of drug-likeness (QED) is 0.571. The molecule has 0 bridgehead atoms. The molecule has 2 aromatic heterocycles. The van der Waals surface area contributed by atoms with Crippen molar-refractivity contribution in [3.05, 3.63) is 53.9 Å². The summed E-state index contributed by atoms with van der Waals surface area (Å²) in [6.07, 6.45) is 4.61. The molecule has 0 aliphatic rings. The number of carbonyl (C=O) groups is 1. The van der Waals surface area contributed by atoms with Gasteiger partial charge in [0, 0.05) is 18.0 Å². The van der Waals surface area contributed by atoms with E-state index in [2.05, 4.69) is 30.5 Å². The molecule has 20 heavy (non-hydrogen) atoms. The van der Waals surface area contributed by atoms with Gasteiger partial charge in [-0.2, -0.15) is 5.10 Å². The number of aromatic nitrogens is 3. The number of fused-ring (bicyclic) bond motifs is 1. The number of rotatable bonds is 3. The lowest BCUT2D eigenvalue weighted by atomic mass is 10.2. The summed E-state index contributed by atoms with van der Waals surface area (Å²) in [6.45, 7) is 0. The maximum atomic E-state index is 11.7. The van der Waals surface area contributed by atoms with Crippen LogP contribution < -0.4 is 5.43 Å². The van der Waals surface area contributed by atoms with Crippen LogP contribution in [-0.2, 0) is 0 Å². The van der Waals surface area contributed by atoms with E-state index in [1.807, 2.05) is 0 Å². The first-order chi connectivity index (χ1) is 9.83. The first kappa shape index (κ1) is 12.0. The summed E-state index contributed by atoms with van der Waals surface area (Å²) in [5.41, 5.74) is 5.01. The van der Waals surface area contributed by atoms with Gasteiger partial charge in [0.05, 0.1) is 6.21 Å². The topological polar surface area (TPSA) is 93.3 Å².